The van der Waals surface area contributed by atoms with E-state index in [0.717, 1.165) is 33.2 Å². The van der Waals surface area contributed by atoms with Crippen molar-refractivity contribution in [3.05, 3.63) is 86.8 Å². The van der Waals surface area contributed by atoms with Crippen molar-refractivity contribution in [1.82, 2.24) is 14.8 Å². The SMILES string of the molecule is Cc1sc2c(c1C)C(c1ccc(Cl)cc1)=NC(CC(=O)Nc1ccc(OCCOCCOCCN)cc1)c1nnc(C)n1-2. The number of nitrogens with two attached hydrogens (primary N) is 1. The summed E-state index contributed by atoms with van der Waals surface area (Å²) in [7, 11) is 0. The summed E-state index contributed by atoms with van der Waals surface area (Å²) < 4.78 is 18.5. The first kappa shape index (κ1) is 30.8. The molecule has 0 saturated carbocycles. The van der Waals surface area contributed by atoms with Gasteiger partial charge in [-0.25, -0.2) is 0 Å². The number of rotatable bonds is 13. The van der Waals surface area contributed by atoms with Crippen LogP contribution < -0.4 is 15.8 Å². The average Bonchev–Trinajstić information content (AvgIpc) is 3.47. The van der Waals surface area contributed by atoms with Crippen LogP contribution in [0.2, 0.25) is 5.02 Å². The van der Waals surface area contributed by atoms with E-state index in [0.29, 0.717) is 61.9 Å². The van der Waals surface area contributed by atoms with Crippen molar-refractivity contribution in [3.8, 4) is 10.8 Å². The predicted octanol–water partition coefficient (Wildman–Crippen LogP) is 5.20. The third-order valence-corrected chi connectivity index (χ3v) is 8.45. The number of amides is 1. The van der Waals surface area contributed by atoms with Gasteiger partial charge in [-0.15, -0.1) is 21.5 Å². The first-order valence-corrected chi connectivity index (χ1v) is 15.3. The number of nitrogens with one attached hydrogen (secondary N) is 1. The zero-order chi connectivity index (χ0) is 30.3. The van der Waals surface area contributed by atoms with Crippen molar-refractivity contribution in [2.75, 3.05) is 44.9 Å². The van der Waals surface area contributed by atoms with Gasteiger partial charge in [0, 0.05) is 33.3 Å². The van der Waals surface area contributed by atoms with Crippen LogP contribution in [0.4, 0.5) is 5.69 Å². The molecular formula is C31H35ClN6O4S. The van der Waals surface area contributed by atoms with Crippen molar-refractivity contribution >= 4 is 40.2 Å². The molecule has 1 amide bonds. The normalized spacial score (nSPS) is 14.1. The Hall–Kier alpha value is -3.61. The molecule has 0 radical (unpaired) electrons. The van der Waals surface area contributed by atoms with E-state index >= 15 is 0 Å². The molecule has 0 bridgehead atoms. The van der Waals surface area contributed by atoms with Gasteiger partial charge in [-0.2, -0.15) is 0 Å². The van der Waals surface area contributed by atoms with E-state index in [-0.39, 0.29) is 12.3 Å². The monoisotopic (exact) mass is 622 g/mol. The summed E-state index contributed by atoms with van der Waals surface area (Å²) in [6.07, 6.45) is 0.0901. The fourth-order valence-corrected chi connectivity index (χ4v) is 6.12. The molecular weight excluding hydrogens is 588 g/mol. The third kappa shape index (κ3) is 7.31. The van der Waals surface area contributed by atoms with Gasteiger partial charge in [0.2, 0.25) is 5.91 Å². The van der Waals surface area contributed by atoms with Crippen LogP contribution in [-0.2, 0) is 14.3 Å². The van der Waals surface area contributed by atoms with Crippen LogP contribution in [0, 0.1) is 20.8 Å². The summed E-state index contributed by atoms with van der Waals surface area (Å²) >= 11 is 7.88. The quantitative estimate of drug-likeness (QED) is 0.196. The molecule has 0 aliphatic carbocycles. The molecule has 0 fully saturated rings. The van der Waals surface area contributed by atoms with Gasteiger partial charge < -0.3 is 25.3 Å². The van der Waals surface area contributed by atoms with Crippen LogP contribution in [0.5, 0.6) is 5.75 Å². The number of carbonyl (C=O) groups is 1. The van der Waals surface area contributed by atoms with E-state index in [9.17, 15) is 4.79 Å². The van der Waals surface area contributed by atoms with Gasteiger partial charge in [-0.3, -0.25) is 14.4 Å². The molecule has 1 aliphatic heterocycles. The molecule has 0 spiro atoms. The lowest BCUT2D eigenvalue weighted by atomic mass is 9.99. The van der Waals surface area contributed by atoms with Gasteiger partial charge >= 0.3 is 0 Å². The van der Waals surface area contributed by atoms with E-state index in [2.05, 4.69) is 29.4 Å². The van der Waals surface area contributed by atoms with Crippen LogP contribution >= 0.6 is 22.9 Å². The number of anilines is 1. The minimum absolute atomic E-state index is 0.0901. The lowest BCUT2D eigenvalue weighted by molar-refractivity contribution is -0.116. The van der Waals surface area contributed by atoms with E-state index in [1.54, 1.807) is 23.5 Å². The Morgan fingerprint density at radius 3 is 2.40 bits per heavy atom. The van der Waals surface area contributed by atoms with Crippen LogP contribution in [0.1, 0.15) is 45.7 Å². The zero-order valence-electron chi connectivity index (χ0n) is 24.4. The van der Waals surface area contributed by atoms with Gasteiger partial charge in [0.1, 0.15) is 29.2 Å². The van der Waals surface area contributed by atoms with Crippen LogP contribution in [0.25, 0.3) is 5.00 Å². The smallest absolute Gasteiger partial charge is 0.227 e. The number of fused-ring (bicyclic) bond motifs is 3. The summed E-state index contributed by atoms with van der Waals surface area (Å²) in [4.78, 5) is 19.7. The molecule has 2 aromatic carbocycles. The van der Waals surface area contributed by atoms with Gasteiger partial charge in [0.25, 0.3) is 0 Å². The van der Waals surface area contributed by atoms with Gasteiger partial charge in [-0.1, -0.05) is 23.7 Å². The number of carbonyl (C=O) groups excluding carboxylic acids is 1. The Morgan fingerprint density at radius 2 is 1.67 bits per heavy atom. The Morgan fingerprint density at radius 1 is 0.977 bits per heavy atom. The predicted molar refractivity (Wildman–Crippen MR) is 169 cm³/mol. The van der Waals surface area contributed by atoms with Gasteiger partial charge in [0.15, 0.2) is 5.82 Å². The molecule has 12 heteroatoms. The third-order valence-electron chi connectivity index (χ3n) is 7.00. The summed E-state index contributed by atoms with van der Waals surface area (Å²) in [5.41, 5.74) is 9.94. The molecule has 10 nitrogen and oxygen atoms in total. The maximum atomic E-state index is 13.3. The van der Waals surface area contributed by atoms with Crippen molar-refractivity contribution in [1.29, 1.82) is 0 Å². The molecule has 1 atom stereocenters. The highest BCUT2D eigenvalue weighted by Gasteiger charge is 2.32. The molecule has 226 valence electrons. The Labute approximate surface area is 259 Å². The van der Waals surface area contributed by atoms with Crippen LogP contribution in [0.15, 0.2) is 53.5 Å². The summed E-state index contributed by atoms with van der Waals surface area (Å²) in [6.45, 7) is 8.99. The highest BCUT2D eigenvalue weighted by atomic mass is 35.5. The second-order valence-corrected chi connectivity index (χ2v) is 11.7. The standard InChI is InChI=1S/C31H35ClN6O4S/c1-19-20(2)43-31-28(19)29(22-4-6-23(32)7-5-22)35-26(30-37-36-21(3)38(30)31)18-27(39)34-24-8-10-25(11-9-24)42-17-16-41-15-14-40-13-12-33/h4-11,26H,12-18,33H2,1-3H3,(H,34,39). The number of aromatic nitrogens is 3. The van der Waals surface area contributed by atoms with Gasteiger partial charge in [0.05, 0.1) is 38.6 Å². The van der Waals surface area contributed by atoms with Crippen molar-refractivity contribution in [2.45, 2.75) is 33.2 Å². The zero-order valence-corrected chi connectivity index (χ0v) is 26.0. The number of thiophene rings is 1. The van der Waals surface area contributed by atoms with Crippen LogP contribution in [0.3, 0.4) is 0 Å². The maximum absolute atomic E-state index is 13.3. The molecule has 0 saturated heterocycles. The first-order chi connectivity index (χ1) is 20.9. The van der Waals surface area contributed by atoms with Crippen LogP contribution in [-0.4, -0.2) is 66.0 Å². The Kier molecular flexibility index (Phi) is 10.2. The fourth-order valence-electron chi connectivity index (χ4n) is 4.78. The minimum Gasteiger partial charge on any atom is -0.491 e. The lowest BCUT2D eigenvalue weighted by Crippen LogP contribution is -2.17. The lowest BCUT2D eigenvalue weighted by Gasteiger charge is -2.13. The summed E-state index contributed by atoms with van der Waals surface area (Å²) in [5, 5.41) is 13.5. The largest absolute Gasteiger partial charge is 0.491 e. The first-order valence-electron chi connectivity index (χ1n) is 14.1. The number of hydrogen-bond donors (Lipinski definition) is 2. The van der Waals surface area contributed by atoms with E-state index in [1.807, 2.05) is 47.9 Å². The number of halogens is 1. The Bertz CT molecular complexity index is 1580. The number of aliphatic imine (C=N–C) groups is 1. The molecule has 3 N–H and O–H groups in total. The Balaban J connectivity index is 1.29. The molecule has 1 aliphatic rings. The van der Waals surface area contributed by atoms with Crippen molar-refractivity contribution in [3.63, 3.8) is 0 Å². The van der Waals surface area contributed by atoms with E-state index in [4.69, 9.17) is 36.5 Å². The molecule has 1 unspecified atom stereocenters. The summed E-state index contributed by atoms with van der Waals surface area (Å²) in [5.74, 6) is 1.88. The molecule has 4 aromatic rings. The fraction of sp³-hybridized carbons (Fsp3) is 0.355. The van der Waals surface area contributed by atoms with Gasteiger partial charge in [-0.05, 0) is 62.7 Å². The average molecular weight is 623 g/mol. The highest BCUT2D eigenvalue weighted by molar-refractivity contribution is 7.15. The second-order valence-electron chi connectivity index (χ2n) is 10.0. The number of nitrogens with zero attached hydrogens (tertiary/aromatic N) is 4. The molecule has 2 aromatic heterocycles. The topological polar surface area (TPSA) is 126 Å². The van der Waals surface area contributed by atoms with E-state index in [1.165, 1.54) is 4.88 Å². The molecule has 5 rings (SSSR count). The number of aryl methyl sites for hydroxylation is 2. The van der Waals surface area contributed by atoms with Crippen molar-refractivity contribution in [2.24, 2.45) is 10.7 Å². The molecule has 43 heavy (non-hydrogen) atoms. The number of hydrogen-bond acceptors (Lipinski definition) is 9. The maximum Gasteiger partial charge on any atom is 0.227 e. The second kappa shape index (κ2) is 14.2. The number of ether oxygens (including phenoxy) is 3. The van der Waals surface area contributed by atoms with E-state index < -0.39 is 6.04 Å². The minimum atomic E-state index is -0.547. The molecule has 3 heterocycles. The highest BCUT2D eigenvalue weighted by Crippen LogP contribution is 2.39. The number of benzene rings is 2. The summed E-state index contributed by atoms with van der Waals surface area (Å²) in [6, 6.07) is 14.3. The van der Waals surface area contributed by atoms with Crippen molar-refractivity contribution < 1.29 is 19.0 Å².